The maximum atomic E-state index is 5.43. The molecule has 0 spiro atoms. The van der Waals surface area contributed by atoms with Crippen LogP contribution in [-0.2, 0) is 5.41 Å². The van der Waals surface area contributed by atoms with Gasteiger partial charge in [-0.15, -0.1) is 12.3 Å². The zero-order valence-electron chi connectivity index (χ0n) is 14.0. The van der Waals surface area contributed by atoms with Crippen LogP contribution in [0, 0.1) is 12.3 Å². The largest absolute Gasteiger partial charge is 0.313 e. The second kappa shape index (κ2) is 9.64. The van der Waals surface area contributed by atoms with Gasteiger partial charge in [-0.2, -0.15) is 0 Å². The lowest BCUT2D eigenvalue weighted by Crippen LogP contribution is -2.48. The molecule has 0 amide bonds. The lowest BCUT2D eigenvalue weighted by atomic mass is 9.68. The number of terminal acetylenes is 1. The fourth-order valence-electron chi connectivity index (χ4n) is 3.42. The van der Waals surface area contributed by atoms with Crippen LogP contribution in [0.4, 0.5) is 0 Å². The van der Waals surface area contributed by atoms with Gasteiger partial charge in [-0.3, -0.25) is 0 Å². The Morgan fingerprint density at radius 1 is 1.14 bits per heavy atom. The Hall–Kier alpha value is -1.26. The third-order valence-corrected chi connectivity index (χ3v) is 4.73. The molecule has 0 fully saturated rings. The van der Waals surface area contributed by atoms with Gasteiger partial charge < -0.3 is 5.32 Å². The highest BCUT2D eigenvalue weighted by Gasteiger charge is 2.36. The Kier molecular flexibility index (Phi) is 8.16. The van der Waals surface area contributed by atoms with Crippen LogP contribution >= 0.6 is 0 Å². The van der Waals surface area contributed by atoms with E-state index in [1.54, 1.807) is 0 Å². The molecule has 1 nitrogen and oxygen atoms in total. The SMILES string of the molecule is C#CCCCC(NCCC)C(CC)(CC)c1ccccc1. The Morgan fingerprint density at radius 3 is 2.33 bits per heavy atom. The molecular weight excluding hydrogens is 254 g/mol. The van der Waals surface area contributed by atoms with Crippen LogP contribution < -0.4 is 5.32 Å². The molecule has 1 rings (SSSR count). The van der Waals surface area contributed by atoms with Crippen molar-refractivity contribution in [2.75, 3.05) is 6.54 Å². The molecule has 0 bridgehead atoms. The van der Waals surface area contributed by atoms with E-state index in [0.717, 1.165) is 38.6 Å². The summed E-state index contributed by atoms with van der Waals surface area (Å²) in [6.07, 6.45) is 12.1. The maximum absolute atomic E-state index is 5.43. The second-order valence-electron chi connectivity index (χ2n) is 5.83. The Balaban J connectivity index is 3.02. The molecule has 0 aliphatic heterocycles. The van der Waals surface area contributed by atoms with E-state index in [-0.39, 0.29) is 5.41 Å². The number of unbranched alkanes of at least 4 members (excludes halogenated alkanes) is 1. The lowest BCUT2D eigenvalue weighted by molar-refractivity contribution is 0.255. The van der Waals surface area contributed by atoms with Crippen molar-refractivity contribution in [2.45, 2.75) is 70.8 Å². The third kappa shape index (κ3) is 4.61. The van der Waals surface area contributed by atoms with Crippen LogP contribution in [0.25, 0.3) is 0 Å². The van der Waals surface area contributed by atoms with Gasteiger partial charge >= 0.3 is 0 Å². The molecule has 1 aromatic carbocycles. The zero-order valence-corrected chi connectivity index (χ0v) is 14.0. The van der Waals surface area contributed by atoms with Crippen molar-refractivity contribution in [1.82, 2.24) is 5.32 Å². The van der Waals surface area contributed by atoms with Crippen LogP contribution in [0.15, 0.2) is 30.3 Å². The zero-order chi connectivity index (χ0) is 15.6. The van der Waals surface area contributed by atoms with Crippen molar-refractivity contribution in [2.24, 2.45) is 0 Å². The van der Waals surface area contributed by atoms with Crippen molar-refractivity contribution < 1.29 is 0 Å². The topological polar surface area (TPSA) is 12.0 Å². The van der Waals surface area contributed by atoms with Gasteiger partial charge in [0.2, 0.25) is 0 Å². The van der Waals surface area contributed by atoms with E-state index in [9.17, 15) is 0 Å². The predicted octanol–water partition coefficient (Wildman–Crippen LogP) is 4.92. The first-order valence-corrected chi connectivity index (χ1v) is 8.47. The minimum atomic E-state index is 0.213. The van der Waals surface area contributed by atoms with E-state index in [0.29, 0.717) is 6.04 Å². The number of benzene rings is 1. The summed E-state index contributed by atoms with van der Waals surface area (Å²) in [5.74, 6) is 2.78. The number of rotatable bonds is 10. The summed E-state index contributed by atoms with van der Waals surface area (Å²) in [6.45, 7) is 7.94. The first-order chi connectivity index (χ1) is 10.2. The average Bonchev–Trinajstić information content (AvgIpc) is 2.54. The van der Waals surface area contributed by atoms with Crippen LogP contribution in [0.3, 0.4) is 0 Å². The standard InChI is InChI=1S/C20H31N/c1-5-9-11-16-19(21-17-6-2)20(7-3,8-4)18-14-12-10-13-15-18/h1,10,12-15,19,21H,6-9,11,16-17H2,2-4H3. The first-order valence-electron chi connectivity index (χ1n) is 8.47. The summed E-state index contributed by atoms with van der Waals surface area (Å²) in [7, 11) is 0. The molecule has 0 heterocycles. The van der Waals surface area contributed by atoms with E-state index in [2.05, 4.69) is 62.3 Å². The molecule has 21 heavy (non-hydrogen) atoms. The summed E-state index contributed by atoms with van der Waals surface area (Å²) in [4.78, 5) is 0. The molecule has 0 saturated carbocycles. The highest BCUT2D eigenvalue weighted by molar-refractivity contribution is 5.27. The molecule has 1 N–H and O–H groups in total. The lowest BCUT2D eigenvalue weighted by Gasteiger charge is -2.41. The summed E-state index contributed by atoms with van der Waals surface area (Å²) in [5, 5.41) is 3.80. The van der Waals surface area contributed by atoms with Crippen LogP contribution in [0.2, 0.25) is 0 Å². The molecule has 116 valence electrons. The van der Waals surface area contributed by atoms with Gasteiger partial charge in [0, 0.05) is 17.9 Å². The summed E-state index contributed by atoms with van der Waals surface area (Å²) in [6, 6.07) is 11.5. The normalized spacial score (nSPS) is 12.9. The average molecular weight is 285 g/mol. The van der Waals surface area contributed by atoms with Crippen LogP contribution in [0.5, 0.6) is 0 Å². The van der Waals surface area contributed by atoms with Gasteiger partial charge in [0.1, 0.15) is 0 Å². The van der Waals surface area contributed by atoms with E-state index in [4.69, 9.17) is 6.42 Å². The van der Waals surface area contributed by atoms with E-state index >= 15 is 0 Å². The molecular formula is C20H31N. The maximum Gasteiger partial charge on any atom is 0.0164 e. The number of hydrogen-bond donors (Lipinski definition) is 1. The minimum Gasteiger partial charge on any atom is -0.313 e. The van der Waals surface area contributed by atoms with E-state index in [1.165, 1.54) is 12.0 Å². The molecule has 1 unspecified atom stereocenters. The summed E-state index contributed by atoms with van der Waals surface area (Å²) < 4.78 is 0. The highest BCUT2D eigenvalue weighted by Crippen LogP contribution is 2.37. The smallest absolute Gasteiger partial charge is 0.0164 e. The number of hydrogen-bond acceptors (Lipinski definition) is 1. The van der Waals surface area contributed by atoms with E-state index in [1.807, 2.05) is 0 Å². The van der Waals surface area contributed by atoms with Gasteiger partial charge in [0.15, 0.2) is 0 Å². The van der Waals surface area contributed by atoms with Crippen molar-refractivity contribution in [3.63, 3.8) is 0 Å². The molecule has 1 heteroatoms. The van der Waals surface area contributed by atoms with Crippen LogP contribution in [0.1, 0.15) is 64.9 Å². The van der Waals surface area contributed by atoms with Crippen molar-refractivity contribution in [3.8, 4) is 12.3 Å². The third-order valence-electron chi connectivity index (χ3n) is 4.73. The fourth-order valence-corrected chi connectivity index (χ4v) is 3.42. The molecule has 0 aromatic heterocycles. The van der Waals surface area contributed by atoms with Crippen molar-refractivity contribution in [3.05, 3.63) is 35.9 Å². The number of nitrogens with one attached hydrogen (secondary N) is 1. The van der Waals surface area contributed by atoms with Gasteiger partial charge in [-0.1, -0.05) is 51.1 Å². The van der Waals surface area contributed by atoms with Gasteiger partial charge in [-0.05, 0) is 44.2 Å². The van der Waals surface area contributed by atoms with Crippen molar-refractivity contribution >= 4 is 0 Å². The van der Waals surface area contributed by atoms with Crippen LogP contribution in [-0.4, -0.2) is 12.6 Å². The molecule has 0 aliphatic carbocycles. The molecule has 0 aliphatic rings. The Labute approximate surface area is 131 Å². The summed E-state index contributed by atoms with van der Waals surface area (Å²) in [5.41, 5.74) is 1.68. The monoisotopic (exact) mass is 285 g/mol. The molecule has 1 aromatic rings. The molecule has 0 radical (unpaired) electrons. The van der Waals surface area contributed by atoms with Gasteiger partial charge in [-0.25, -0.2) is 0 Å². The van der Waals surface area contributed by atoms with Gasteiger partial charge in [0.25, 0.3) is 0 Å². The molecule has 1 atom stereocenters. The highest BCUT2D eigenvalue weighted by atomic mass is 14.9. The molecule has 0 saturated heterocycles. The quantitative estimate of drug-likeness (QED) is 0.475. The second-order valence-corrected chi connectivity index (χ2v) is 5.83. The Morgan fingerprint density at radius 2 is 1.81 bits per heavy atom. The van der Waals surface area contributed by atoms with E-state index < -0.39 is 0 Å². The van der Waals surface area contributed by atoms with Crippen molar-refractivity contribution in [1.29, 1.82) is 0 Å². The summed E-state index contributed by atoms with van der Waals surface area (Å²) >= 11 is 0. The predicted molar refractivity (Wildman–Crippen MR) is 93.5 cm³/mol. The van der Waals surface area contributed by atoms with Gasteiger partial charge in [0.05, 0.1) is 0 Å². The first kappa shape index (κ1) is 17.8. The Bertz CT molecular complexity index is 411. The fraction of sp³-hybridized carbons (Fsp3) is 0.600. The minimum absolute atomic E-state index is 0.213.